The molecule has 0 aliphatic heterocycles. The van der Waals surface area contributed by atoms with Gasteiger partial charge in [-0.05, 0) is 56.0 Å². The molecule has 0 fully saturated rings. The van der Waals surface area contributed by atoms with Crippen molar-refractivity contribution in [2.75, 3.05) is 5.73 Å². The monoisotopic (exact) mass is 277 g/mol. The van der Waals surface area contributed by atoms with E-state index < -0.39 is 0 Å². The molecule has 1 aromatic rings. The van der Waals surface area contributed by atoms with Crippen LogP contribution in [0.3, 0.4) is 0 Å². The molecule has 0 atom stereocenters. The number of hydrogen-bond acceptors (Lipinski definition) is 1. The topological polar surface area (TPSA) is 26.0 Å². The molecular weight excluding hydrogens is 270 g/mol. The van der Waals surface area contributed by atoms with Crippen molar-refractivity contribution >= 4 is 37.5 Å². The van der Waals surface area contributed by atoms with Crippen molar-refractivity contribution in [2.45, 2.75) is 13.3 Å². The molecule has 0 spiro atoms. The van der Waals surface area contributed by atoms with Gasteiger partial charge in [-0.15, -0.1) is 0 Å². The van der Waals surface area contributed by atoms with Crippen LogP contribution in [-0.4, -0.2) is 0 Å². The first-order chi connectivity index (χ1) is 5.15. The SMILES string of the molecule is CCc1cc(N)cc(Br)c1Br. The summed E-state index contributed by atoms with van der Waals surface area (Å²) in [6.07, 6.45) is 0.990. The van der Waals surface area contributed by atoms with Crippen molar-refractivity contribution in [3.63, 3.8) is 0 Å². The van der Waals surface area contributed by atoms with E-state index in [1.54, 1.807) is 0 Å². The van der Waals surface area contributed by atoms with E-state index in [1.807, 2.05) is 12.1 Å². The highest BCUT2D eigenvalue weighted by Crippen LogP contribution is 2.29. The van der Waals surface area contributed by atoms with Crippen LogP contribution in [0, 0.1) is 0 Å². The maximum Gasteiger partial charge on any atom is 0.0350 e. The number of hydrogen-bond donors (Lipinski definition) is 1. The molecule has 0 aliphatic rings. The minimum Gasteiger partial charge on any atom is -0.399 e. The third-order valence-corrected chi connectivity index (χ3v) is 3.60. The van der Waals surface area contributed by atoms with E-state index in [4.69, 9.17) is 5.73 Å². The first-order valence-electron chi connectivity index (χ1n) is 3.38. The summed E-state index contributed by atoms with van der Waals surface area (Å²) < 4.78 is 2.13. The van der Waals surface area contributed by atoms with Gasteiger partial charge in [-0.2, -0.15) is 0 Å². The zero-order chi connectivity index (χ0) is 8.43. The van der Waals surface area contributed by atoms with E-state index in [2.05, 4.69) is 38.8 Å². The number of anilines is 1. The molecule has 0 aliphatic carbocycles. The fraction of sp³-hybridized carbons (Fsp3) is 0.250. The molecule has 60 valence electrons. The van der Waals surface area contributed by atoms with Gasteiger partial charge in [0, 0.05) is 14.6 Å². The average molecular weight is 279 g/mol. The molecule has 0 heterocycles. The lowest BCUT2D eigenvalue weighted by atomic mass is 10.1. The quantitative estimate of drug-likeness (QED) is 0.784. The number of benzene rings is 1. The number of aryl methyl sites for hydroxylation is 1. The van der Waals surface area contributed by atoms with Gasteiger partial charge in [0.05, 0.1) is 0 Å². The lowest BCUT2D eigenvalue weighted by molar-refractivity contribution is 1.12. The molecule has 0 unspecified atom stereocenters. The first kappa shape index (κ1) is 9.07. The van der Waals surface area contributed by atoms with Crippen LogP contribution < -0.4 is 5.73 Å². The molecule has 0 saturated carbocycles. The second-order valence-corrected chi connectivity index (χ2v) is 3.98. The molecule has 0 amide bonds. The molecule has 3 heteroatoms. The second kappa shape index (κ2) is 3.59. The van der Waals surface area contributed by atoms with Gasteiger partial charge >= 0.3 is 0 Å². The highest BCUT2D eigenvalue weighted by Gasteiger charge is 2.02. The van der Waals surface area contributed by atoms with Crippen molar-refractivity contribution in [1.29, 1.82) is 0 Å². The Bertz CT molecular complexity index is 271. The molecule has 1 rings (SSSR count). The Hall–Kier alpha value is -0.0200. The van der Waals surface area contributed by atoms with E-state index in [0.717, 1.165) is 21.1 Å². The molecule has 1 aromatic carbocycles. The Morgan fingerprint density at radius 3 is 2.55 bits per heavy atom. The fourth-order valence-electron chi connectivity index (χ4n) is 0.927. The Morgan fingerprint density at radius 2 is 2.00 bits per heavy atom. The third kappa shape index (κ3) is 1.97. The summed E-state index contributed by atoms with van der Waals surface area (Å²) in [4.78, 5) is 0. The largest absolute Gasteiger partial charge is 0.399 e. The fourth-order valence-corrected chi connectivity index (χ4v) is 1.95. The van der Waals surface area contributed by atoms with Gasteiger partial charge in [0.15, 0.2) is 0 Å². The van der Waals surface area contributed by atoms with Gasteiger partial charge < -0.3 is 5.73 Å². The van der Waals surface area contributed by atoms with Crippen molar-refractivity contribution < 1.29 is 0 Å². The van der Waals surface area contributed by atoms with E-state index in [1.165, 1.54) is 5.56 Å². The highest BCUT2D eigenvalue weighted by atomic mass is 79.9. The highest BCUT2D eigenvalue weighted by molar-refractivity contribution is 9.13. The summed E-state index contributed by atoms with van der Waals surface area (Å²) in [5.41, 5.74) is 7.69. The Labute approximate surface area is 83.2 Å². The van der Waals surface area contributed by atoms with E-state index >= 15 is 0 Å². The van der Waals surface area contributed by atoms with Gasteiger partial charge in [0.2, 0.25) is 0 Å². The molecule has 1 nitrogen and oxygen atoms in total. The lowest BCUT2D eigenvalue weighted by Gasteiger charge is -2.04. The van der Waals surface area contributed by atoms with Gasteiger partial charge in [-0.25, -0.2) is 0 Å². The maximum atomic E-state index is 5.65. The molecule has 0 bridgehead atoms. The van der Waals surface area contributed by atoms with Crippen LogP contribution in [0.2, 0.25) is 0 Å². The van der Waals surface area contributed by atoms with E-state index in [0.29, 0.717) is 0 Å². The van der Waals surface area contributed by atoms with Crippen LogP contribution in [0.15, 0.2) is 21.1 Å². The zero-order valence-electron chi connectivity index (χ0n) is 6.20. The minimum atomic E-state index is 0.803. The Morgan fingerprint density at radius 1 is 1.36 bits per heavy atom. The number of nitrogens with two attached hydrogens (primary N) is 1. The smallest absolute Gasteiger partial charge is 0.0350 e. The number of rotatable bonds is 1. The molecule has 0 radical (unpaired) electrons. The first-order valence-corrected chi connectivity index (χ1v) is 4.97. The summed E-state index contributed by atoms with van der Waals surface area (Å²) in [7, 11) is 0. The Balaban J connectivity index is 3.24. The zero-order valence-corrected chi connectivity index (χ0v) is 9.37. The number of nitrogen functional groups attached to an aromatic ring is 1. The van der Waals surface area contributed by atoms with Crippen molar-refractivity contribution in [3.05, 3.63) is 26.6 Å². The van der Waals surface area contributed by atoms with Gasteiger partial charge in [-0.1, -0.05) is 6.92 Å². The van der Waals surface area contributed by atoms with Crippen LogP contribution in [0.5, 0.6) is 0 Å². The second-order valence-electron chi connectivity index (χ2n) is 2.33. The predicted molar refractivity (Wildman–Crippen MR) is 55.6 cm³/mol. The average Bonchev–Trinajstić information content (AvgIpc) is 1.96. The number of halogens is 2. The van der Waals surface area contributed by atoms with E-state index in [-0.39, 0.29) is 0 Å². The minimum absolute atomic E-state index is 0.803. The third-order valence-electron chi connectivity index (χ3n) is 1.51. The maximum absolute atomic E-state index is 5.65. The summed E-state index contributed by atoms with van der Waals surface area (Å²) in [5.74, 6) is 0. The predicted octanol–water partition coefficient (Wildman–Crippen LogP) is 3.36. The van der Waals surface area contributed by atoms with Crippen LogP contribution in [0.4, 0.5) is 5.69 Å². The van der Waals surface area contributed by atoms with Crippen LogP contribution >= 0.6 is 31.9 Å². The van der Waals surface area contributed by atoms with Crippen LogP contribution in [-0.2, 0) is 6.42 Å². The van der Waals surface area contributed by atoms with Gasteiger partial charge in [0.1, 0.15) is 0 Å². The molecule has 0 aromatic heterocycles. The lowest BCUT2D eigenvalue weighted by Crippen LogP contribution is -1.90. The van der Waals surface area contributed by atoms with Crippen LogP contribution in [0.25, 0.3) is 0 Å². The van der Waals surface area contributed by atoms with Gasteiger partial charge in [0.25, 0.3) is 0 Å². The molecule has 2 N–H and O–H groups in total. The van der Waals surface area contributed by atoms with Crippen LogP contribution in [0.1, 0.15) is 12.5 Å². The van der Waals surface area contributed by atoms with Crippen molar-refractivity contribution in [1.82, 2.24) is 0 Å². The van der Waals surface area contributed by atoms with Crippen molar-refractivity contribution in [2.24, 2.45) is 0 Å². The molecular formula is C8H9Br2N. The molecule has 0 saturated heterocycles. The standard InChI is InChI=1S/C8H9Br2N/c1-2-5-3-6(11)4-7(9)8(5)10/h3-4H,2,11H2,1H3. The Kier molecular flexibility index (Phi) is 2.96. The molecule has 11 heavy (non-hydrogen) atoms. The summed E-state index contributed by atoms with van der Waals surface area (Å²) in [6, 6.07) is 3.87. The van der Waals surface area contributed by atoms with E-state index in [9.17, 15) is 0 Å². The summed E-state index contributed by atoms with van der Waals surface area (Å²) >= 11 is 6.88. The summed E-state index contributed by atoms with van der Waals surface area (Å²) in [6.45, 7) is 2.10. The van der Waals surface area contributed by atoms with Gasteiger partial charge in [-0.3, -0.25) is 0 Å². The van der Waals surface area contributed by atoms with Crippen molar-refractivity contribution in [3.8, 4) is 0 Å². The summed E-state index contributed by atoms with van der Waals surface area (Å²) in [5, 5.41) is 0. The normalized spacial score (nSPS) is 10.1.